The predicted octanol–water partition coefficient (Wildman–Crippen LogP) is 5.12. The molecular weight excluding hydrogens is 655 g/mol. The third-order valence-corrected chi connectivity index (χ3v) is 6.32. The number of nitrogens with two attached hydrogens (primary N) is 1. The van der Waals surface area contributed by atoms with E-state index >= 15 is 4.39 Å². The van der Waals surface area contributed by atoms with Crippen molar-refractivity contribution in [1.82, 2.24) is 24.7 Å². The lowest BCUT2D eigenvalue weighted by Crippen LogP contribution is -2.18. The van der Waals surface area contributed by atoms with Gasteiger partial charge in [0.05, 0.1) is 19.8 Å². The largest absolute Gasteiger partial charge is 0.511 e. The summed E-state index contributed by atoms with van der Waals surface area (Å²) < 4.78 is 48.9. The van der Waals surface area contributed by atoms with Gasteiger partial charge in [0.2, 0.25) is 6.79 Å². The van der Waals surface area contributed by atoms with Crippen LogP contribution in [0.1, 0.15) is 50.7 Å². The van der Waals surface area contributed by atoms with Gasteiger partial charge >= 0.3 is 18.3 Å². The number of aromatic nitrogens is 5. The summed E-state index contributed by atoms with van der Waals surface area (Å²) in [4.78, 5) is 40.7. The molecule has 0 aliphatic rings. The van der Waals surface area contributed by atoms with Gasteiger partial charge in [0, 0.05) is 35.3 Å². The minimum atomic E-state index is -1.11. The second kappa shape index (κ2) is 17.2. The molecule has 4 rings (SSSR count). The van der Waals surface area contributed by atoms with Crippen LogP contribution in [0.3, 0.4) is 0 Å². The molecule has 16 nitrogen and oxygen atoms in total. The van der Waals surface area contributed by atoms with Crippen LogP contribution in [0.5, 0.6) is 17.5 Å². The van der Waals surface area contributed by atoms with E-state index in [9.17, 15) is 9.59 Å². The molecule has 0 unspecified atom stereocenters. The quantitative estimate of drug-likeness (QED) is 0.0547. The average Bonchev–Trinajstić information content (AvgIpc) is 3.51. The SMILES string of the molecule is C=C(C)COC(=O)N=C(N)c1ccc(N[C@@H](c2nc(OCOC(=O)OC(C)C)n(-c3ncccn3)n2)c2cc(OC)cc(OCC)c2F)cc1. The van der Waals surface area contributed by atoms with Crippen molar-refractivity contribution in [1.29, 1.82) is 0 Å². The first-order valence-electron chi connectivity index (χ1n) is 15.2. The Bertz CT molecular complexity index is 1820. The molecule has 0 spiro atoms. The van der Waals surface area contributed by atoms with Gasteiger partial charge < -0.3 is 39.5 Å². The van der Waals surface area contributed by atoms with Gasteiger partial charge in [-0.05, 0) is 69.7 Å². The Morgan fingerprint density at radius 2 is 1.82 bits per heavy atom. The third-order valence-electron chi connectivity index (χ3n) is 6.32. The first-order valence-corrected chi connectivity index (χ1v) is 15.2. The molecule has 2 heterocycles. The van der Waals surface area contributed by atoms with E-state index < -0.39 is 37.0 Å². The molecule has 4 aromatic rings. The number of carbonyl (C=O) groups is 2. The molecule has 0 bridgehead atoms. The van der Waals surface area contributed by atoms with Crippen LogP contribution in [-0.2, 0) is 14.2 Å². The number of benzene rings is 2. The van der Waals surface area contributed by atoms with Gasteiger partial charge in [-0.2, -0.15) is 9.98 Å². The maximum absolute atomic E-state index is 16.2. The lowest BCUT2D eigenvalue weighted by Gasteiger charge is -2.20. The minimum Gasteiger partial charge on any atom is -0.497 e. The van der Waals surface area contributed by atoms with E-state index in [2.05, 4.69) is 36.9 Å². The Balaban J connectivity index is 1.75. The maximum Gasteiger partial charge on any atom is 0.511 e. The van der Waals surface area contributed by atoms with E-state index in [0.29, 0.717) is 22.6 Å². The summed E-state index contributed by atoms with van der Waals surface area (Å²) >= 11 is 0. The number of hydrogen-bond acceptors (Lipinski definition) is 13. The molecule has 2 aromatic carbocycles. The summed E-state index contributed by atoms with van der Waals surface area (Å²) in [6.45, 7) is 10.0. The molecule has 17 heteroatoms. The van der Waals surface area contributed by atoms with Crippen LogP contribution in [0.25, 0.3) is 5.95 Å². The molecule has 2 aromatic heterocycles. The van der Waals surface area contributed by atoms with Crippen molar-refractivity contribution in [2.75, 3.05) is 32.4 Å². The number of carbonyl (C=O) groups excluding carboxylic acids is 2. The van der Waals surface area contributed by atoms with Gasteiger partial charge in [0.25, 0.3) is 5.95 Å². The Labute approximate surface area is 287 Å². The van der Waals surface area contributed by atoms with Crippen molar-refractivity contribution in [2.24, 2.45) is 10.7 Å². The molecule has 1 amide bonds. The van der Waals surface area contributed by atoms with E-state index in [4.69, 9.17) is 34.2 Å². The lowest BCUT2D eigenvalue weighted by atomic mass is 10.0. The maximum atomic E-state index is 16.2. The highest BCUT2D eigenvalue weighted by Gasteiger charge is 2.29. The number of nitrogens with one attached hydrogen (secondary N) is 1. The van der Waals surface area contributed by atoms with Crippen LogP contribution in [-0.4, -0.2) is 76.0 Å². The number of amides is 1. The zero-order valence-electron chi connectivity index (χ0n) is 28.1. The van der Waals surface area contributed by atoms with Gasteiger partial charge in [-0.15, -0.1) is 9.78 Å². The number of methoxy groups -OCH3 is 1. The summed E-state index contributed by atoms with van der Waals surface area (Å²) in [7, 11) is 1.43. The highest BCUT2D eigenvalue weighted by atomic mass is 19.1. The monoisotopic (exact) mass is 692 g/mol. The number of rotatable bonds is 15. The standard InChI is InChI=1S/C33H37FN8O8/c1-7-46-25-16-23(45-6)15-24(26(25)34)27(38-22-11-9-21(10-12-22)28(35)39-32(43)47-17-19(2)3)29-40-31(48-18-49-33(44)50-20(4)5)42(41-29)30-36-13-8-14-37-30/h8-16,20,27,38H,2,7,17-18H2,1,3-6H3,(H2,35,39,43)/t27-/m1/s1. The van der Waals surface area contributed by atoms with Gasteiger partial charge in [0.15, 0.2) is 17.4 Å². The summed E-state index contributed by atoms with van der Waals surface area (Å²) in [5, 5.41) is 7.78. The van der Waals surface area contributed by atoms with Crippen molar-refractivity contribution >= 4 is 23.8 Å². The molecule has 0 saturated heterocycles. The minimum absolute atomic E-state index is 0.00257. The van der Waals surface area contributed by atoms with Crippen molar-refractivity contribution in [3.8, 4) is 23.5 Å². The number of anilines is 1. The fourth-order valence-corrected chi connectivity index (χ4v) is 4.16. The molecule has 264 valence electrons. The van der Waals surface area contributed by atoms with Crippen molar-refractivity contribution in [2.45, 2.75) is 39.8 Å². The van der Waals surface area contributed by atoms with Crippen molar-refractivity contribution in [3.63, 3.8) is 0 Å². The van der Waals surface area contributed by atoms with Crippen LogP contribution in [0.4, 0.5) is 19.7 Å². The molecule has 50 heavy (non-hydrogen) atoms. The lowest BCUT2D eigenvalue weighted by molar-refractivity contribution is -0.0116. The van der Waals surface area contributed by atoms with Crippen LogP contribution in [0.15, 0.2) is 72.0 Å². The summed E-state index contributed by atoms with van der Waals surface area (Å²) in [6.07, 6.45) is 0.721. The second-order valence-corrected chi connectivity index (χ2v) is 10.7. The Morgan fingerprint density at radius 1 is 1.10 bits per heavy atom. The van der Waals surface area contributed by atoms with Crippen LogP contribution >= 0.6 is 0 Å². The zero-order valence-corrected chi connectivity index (χ0v) is 28.1. The number of hydrogen-bond donors (Lipinski definition) is 2. The highest BCUT2D eigenvalue weighted by molar-refractivity contribution is 6.02. The first kappa shape index (κ1) is 36.6. The molecule has 0 radical (unpaired) electrons. The van der Waals surface area contributed by atoms with Gasteiger partial charge in [-0.1, -0.05) is 6.58 Å². The molecule has 0 saturated carbocycles. The third kappa shape index (κ3) is 9.88. The second-order valence-electron chi connectivity index (χ2n) is 10.7. The van der Waals surface area contributed by atoms with Crippen molar-refractivity contribution in [3.05, 3.63) is 89.8 Å². The fraction of sp³-hybridized carbons (Fsp3) is 0.303. The topological polar surface area (TPSA) is 196 Å². The van der Waals surface area contributed by atoms with E-state index in [1.54, 1.807) is 58.0 Å². The van der Waals surface area contributed by atoms with Crippen LogP contribution in [0, 0.1) is 5.82 Å². The van der Waals surface area contributed by atoms with Gasteiger partial charge in [-0.25, -0.2) is 23.9 Å². The highest BCUT2D eigenvalue weighted by Crippen LogP contribution is 2.36. The summed E-state index contributed by atoms with van der Waals surface area (Å²) in [5.74, 6) is -0.491. The Morgan fingerprint density at radius 3 is 2.46 bits per heavy atom. The van der Waals surface area contributed by atoms with E-state index in [1.807, 2.05) is 0 Å². The zero-order chi connectivity index (χ0) is 36.2. The molecular formula is C33H37FN8O8. The number of nitrogens with zero attached hydrogens (tertiary/aromatic N) is 6. The van der Waals surface area contributed by atoms with Crippen LogP contribution in [0.2, 0.25) is 0 Å². The average molecular weight is 693 g/mol. The molecule has 0 aliphatic heterocycles. The fourth-order valence-electron chi connectivity index (χ4n) is 4.16. The first-order chi connectivity index (χ1) is 24.0. The smallest absolute Gasteiger partial charge is 0.497 e. The number of ether oxygens (including phenoxy) is 6. The van der Waals surface area contributed by atoms with Gasteiger partial charge in [0.1, 0.15) is 24.2 Å². The molecule has 0 aliphatic carbocycles. The molecule has 3 N–H and O–H groups in total. The predicted molar refractivity (Wildman–Crippen MR) is 178 cm³/mol. The number of aliphatic imine (C=N–C) groups is 1. The molecule has 0 fully saturated rings. The van der Waals surface area contributed by atoms with E-state index in [-0.39, 0.29) is 48.1 Å². The molecule has 1 atom stereocenters. The van der Waals surface area contributed by atoms with Crippen molar-refractivity contribution < 1.29 is 42.4 Å². The van der Waals surface area contributed by atoms with E-state index in [0.717, 1.165) is 4.68 Å². The normalized spacial score (nSPS) is 11.8. The van der Waals surface area contributed by atoms with Gasteiger partial charge in [-0.3, -0.25) is 0 Å². The summed E-state index contributed by atoms with van der Waals surface area (Å²) in [6, 6.07) is 9.67. The number of halogens is 1. The number of amidine groups is 1. The Hall–Kier alpha value is -6.26. The summed E-state index contributed by atoms with van der Waals surface area (Å²) in [5.41, 5.74) is 7.61. The van der Waals surface area contributed by atoms with Crippen LogP contribution < -0.4 is 25.3 Å². The van der Waals surface area contributed by atoms with E-state index in [1.165, 1.54) is 31.6 Å². The Kier molecular flexibility index (Phi) is 12.6.